The number of nitrogens with one attached hydrogen (secondary N) is 1. The highest BCUT2D eigenvalue weighted by atomic mass is 19.1. The van der Waals surface area contributed by atoms with Gasteiger partial charge in [-0.1, -0.05) is 0 Å². The third-order valence-electron chi connectivity index (χ3n) is 2.60. The fraction of sp³-hybridized carbons (Fsp3) is 0.571. The maximum Gasteiger partial charge on any atom is 0.123 e. The summed E-state index contributed by atoms with van der Waals surface area (Å²) in [6.07, 6.45) is 0. The summed E-state index contributed by atoms with van der Waals surface area (Å²) in [5.41, 5.74) is 0.541. The normalized spacial score (nSPS) is 13.4. The Labute approximate surface area is 108 Å². The highest BCUT2D eigenvalue weighted by Crippen LogP contribution is 2.27. The minimum absolute atomic E-state index is 0.102. The molecule has 1 rings (SSSR count). The van der Waals surface area contributed by atoms with E-state index in [9.17, 15) is 4.39 Å². The summed E-state index contributed by atoms with van der Waals surface area (Å²) in [4.78, 5) is 0. The maximum absolute atomic E-state index is 13.3. The SMILES string of the molecule is CNC(COC(C)(C)C)c1cc(F)ccc1OC. The molecule has 0 aliphatic heterocycles. The molecule has 0 amide bonds. The molecule has 1 unspecified atom stereocenters. The molecule has 1 N–H and O–H groups in total. The molecule has 0 bridgehead atoms. The van der Waals surface area contributed by atoms with Gasteiger partial charge in [0.1, 0.15) is 11.6 Å². The first kappa shape index (κ1) is 14.9. The highest BCUT2D eigenvalue weighted by molar-refractivity contribution is 5.36. The quantitative estimate of drug-likeness (QED) is 0.877. The molecule has 3 nitrogen and oxygen atoms in total. The van der Waals surface area contributed by atoms with E-state index in [1.807, 2.05) is 27.8 Å². The standard InChI is InChI=1S/C14H22FNO2/c1-14(2,3)18-9-12(16-4)11-8-10(15)6-7-13(11)17-5/h6-8,12,16H,9H2,1-5H3. The molecule has 0 aliphatic carbocycles. The molecule has 0 heterocycles. The van der Waals surface area contributed by atoms with E-state index in [1.54, 1.807) is 13.2 Å². The summed E-state index contributed by atoms with van der Waals surface area (Å²) in [5.74, 6) is 0.384. The van der Waals surface area contributed by atoms with Gasteiger partial charge in [-0.3, -0.25) is 0 Å². The molecule has 4 heteroatoms. The summed E-state index contributed by atoms with van der Waals surface area (Å²) in [7, 11) is 3.40. The summed E-state index contributed by atoms with van der Waals surface area (Å²) < 4.78 is 24.3. The Morgan fingerprint density at radius 1 is 1.33 bits per heavy atom. The van der Waals surface area contributed by atoms with Crippen LogP contribution in [0.5, 0.6) is 5.75 Å². The number of methoxy groups -OCH3 is 1. The second-order valence-electron chi connectivity index (χ2n) is 5.15. The number of benzene rings is 1. The topological polar surface area (TPSA) is 30.5 Å². The third kappa shape index (κ3) is 4.27. The van der Waals surface area contributed by atoms with Gasteiger partial charge in [0.25, 0.3) is 0 Å². The molecule has 0 aromatic heterocycles. The second kappa shape index (κ2) is 6.16. The minimum Gasteiger partial charge on any atom is -0.496 e. The van der Waals surface area contributed by atoms with Crippen LogP contribution in [0.2, 0.25) is 0 Å². The van der Waals surface area contributed by atoms with Crippen LogP contribution in [-0.2, 0) is 4.74 Å². The largest absolute Gasteiger partial charge is 0.496 e. The summed E-state index contributed by atoms with van der Waals surface area (Å²) >= 11 is 0. The lowest BCUT2D eigenvalue weighted by Gasteiger charge is -2.25. The average molecular weight is 255 g/mol. The van der Waals surface area contributed by atoms with Crippen LogP contribution in [0.1, 0.15) is 32.4 Å². The van der Waals surface area contributed by atoms with Crippen LogP contribution in [0.15, 0.2) is 18.2 Å². The Kier molecular flexibility index (Phi) is 5.11. The number of hydrogen-bond acceptors (Lipinski definition) is 3. The van der Waals surface area contributed by atoms with Crippen molar-refractivity contribution in [3.63, 3.8) is 0 Å². The lowest BCUT2D eigenvalue weighted by Crippen LogP contribution is -2.28. The van der Waals surface area contributed by atoms with E-state index in [2.05, 4.69) is 5.32 Å². The first-order valence-corrected chi connectivity index (χ1v) is 6.02. The summed E-state index contributed by atoms with van der Waals surface area (Å²) in [5, 5.41) is 3.12. The monoisotopic (exact) mass is 255 g/mol. The predicted molar refractivity (Wildman–Crippen MR) is 70.5 cm³/mol. The number of halogens is 1. The minimum atomic E-state index is -0.276. The Balaban J connectivity index is 2.90. The van der Waals surface area contributed by atoms with E-state index in [0.29, 0.717) is 12.4 Å². The lowest BCUT2D eigenvalue weighted by atomic mass is 10.1. The zero-order valence-electron chi connectivity index (χ0n) is 11.7. The van der Waals surface area contributed by atoms with Crippen molar-refractivity contribution in [1.29, 1.82) is 0 Å². The van der Waals surface area contributed by atoms with E-state index >= 15 is 0 Å². The van der Waals surface area contributed by atoms with Gasteiger partial charge >= 0.3 is 0 Å². The molecule has 18 heavy (non-hydrogen) atoms. The van der Waals surface area contributed by atoms with E-state index in [4.69, 9.17) is 9.47 Å². The van der Waals surface area contributed by atoms with Crippen molar-refractivity contribution in [2.24, 2.45) is 0 Å². The number of ether oxygens (including phenoxy) is 2. The Bertz CT molecular complexity index is 388. The second-order valence-corrected chi connectivity index (χ2v) is 5.15. The van der Waals surface area contributed by atoms with Crippen molar-refractivity contribution >= 4 is 0 Å². The van der Waals surface area contributed by atoms with E-state index in [0.717, 1.165) is 5.56 Å². The number of likely N-dealkylation sites (N-methyl/N-ethyl adjacent to an activating group) is 1. The summed E-state index contributed by atoms with van der Waals surface area (Å²) in [6.45, 7) is 6.42. The van der Waals surface area contributed by atoms with E-state index in [1.165, 1.54) is 12.1 Å². The molecule has 0 fully saturated rings. The molecule has 0 aliphatic rings. The lowest BCUT2D eigenvalue weighted by molar-refractivity contribution is -0.0141. The molecule has 0 radical (unpaired) electrons. The van der Waals surface area contributed by atoms with Crippen LogP contribution in [-0.4, -0.2) is 26.4 Å². The molecular weight excluding hydrogens is 233 g/mol. The van der Waals surface area contributed by atoms with Gasteiger partial charge in [0.05, 0.1) is 25.4 Å². The van der Waals surface area contributed by atoms with Crippen molar-refractivity contribution in [3.8, 4) is 5.75 Å². The molecule has 1 aromatic carbocycles. The highest BCUT2D eigenvalue weighted by Gasteiger charge is 2.19. The molecule has 0 saturated heterocycles. The van der Waals surface area contributed by atoms with Crippen LogP contribution in [0.3, 0.4) is 0 Å². The smallest absolute Gasteiger partial charge is 0.123 e. The first-order chi connectivity index (χ1) is 8.37. The van der Waals surface area contributed by atoms with Crippen LogP contribution < -0.4 is 10.1 Å². The van der Waals surface area contributed by atoms with Crippen LogP contribution in [0.25, 0.3) is 0 Å². The maximum atomic E-state index is 13.3. The molecule has 1 atom stereocenters. The van der Waals surface area contributed by atoms with Crippen molar-refractivity contribution in [2.75, 3.05) is 20.8 Å². The van der Waals surface area contributed by atoms with Crippen molar-refractivity contribution in [3.05, 3.63) is 29.6 Å². The van der Waals surface area contributed by atoms with Crippen molar-refractivity contribution < 1.29 is 13.9 Å². The van der Waals surface area contributed by atoms with Crippen LogP contribution in [0.4, 0.5) is 4.39 Å². The zero-order chi connectivity index (χ0) is 13.8. The van der Waals surface area contributed by atoms with Gasteiger partial charge in [-0.15, -0.1) is 0 Å². The zero-order valence-corrected chi connectivity index (χ0v) is 11.7. The fourth-order valence-electron chi connectivity index (χ4n) is 1.64. The van der Waals surface area contributed by atoms with Gasteiger partial charge in [-0.05, 0) is 46.0 Å². The number of hydrogen-bond donors (Lipinski definition) is 1. The first-order valence-electron chi connectivity index (χ1n) is 6.02. The van der Waals surface area contributed by atoms with Crippen LogP contribution >= 0.6 is 0 Å². The Morgan fingerprint density at radius 3 is 2.50 bits per heavy atom. The van der Waals surface area contributed by atoms with E-state index in [-0.39, 0.29) is 17.5 Å². The van der Waals surface area contributed by atoms with Gasteiger partial charge in [0.2, 0.25) is 0 Å². The molecular formula is C14H22FNO2. The Hall–Kier alpha value is -1.13. The van der Waals surface area contributed by atoms with Gasteiger partial charge in [-0.25, -0.2) is 4.39 Å². The van der Waals surface area contributed by atoms with Gasteiger partial charge in [-0.2, -0.15) is 0 Å². The Morgan fingerprint density at radius 2 is 2.00 bits per heavy atom. The fourth-order valence-corrected chi connectivity index (χ4v) is 1.64. The molecule has 0 spiro atoms. The summed E-state index contributed by atoms with van der Waals surface area (Å²) in [6, 6.07) is 4.40. The number of rotatable bonds is 5. The average Bonchev–Trinajstić information content (AvgIpc) is 2.28. The molecule has 0 saturated carbocycles. The molecule has 1 aromatic rings. The van der Waals surface area contributed by atoms with Crippen molar-refractivity contribution in [1.82, 2.24) is 5.32 Å². The van der Waals surface area contributed by atoms with Gasteiger partial charge < -0.3 is 14.8 Å². The third-order valence-corrected chi connectivity index (χ3v) is 2.60. The van der Waals surface area contributed by atoms with Crippen LogP contribution in [0, 0.1) is 5.82 Å². The van der Waals surface area contributed by atoms with Gasteiger partial charge in [0, 0.05) is 5.56 Å². The van der Waals surface area contributed by atoms with Crippen molar-refractivity contribution in [2.45, 2.75) is 32.4 Å². The van der Waals surface area contributed by atoms with E-state index < -0.39 is 0 Å². The van der Waals surface area contributed by atoms with Gasteiger partial charge in [0.15, 0.2) is 0 Å². The predicted octanol–water partition coefficient (Wildman–Crippen LogP) is 2.91. The molecule has 102 valence electrons.